The quantitative estimate of drug-likeness (QED) is 0.759. The molecule has 0 radical (unpaired) electrons. The van der Waals surface area contributed by atoms with Gasteiger partial charge in [0, 0.05) is 6.04 Å². The second kappa shape index (κ2) is 7.22. The fourth-order valence-corrected chi connectivity index (χ4v) is 1.29. The standard InChI is InChI=1S/C11H15NO3.ClH/c1-15-11(14)10(13)9(12)7-8-5-3-2-4-6-8;/h2-6,9-10,13H,7,12H2,1H3;1H/t9-,10-;/m0./s1. The molecule has 0 fully saturated rings. The van der Waals surface area contributed by atoms with E-state index in [4.69, 9.17) is 5.73 Å². The summed E-state index contributed by atoms with van der Waals surface area (Å²) in [6.45, 7) is 0. The lowest BCUT2D eigenvalue weighted by Crippen LogP contribution is -2.42. The summed E-state index contributed by atoms with van der Waals surface area (Å²) in [6.07, 6.45) is -0.827. The van der Waals surface area contributed by atoms with Crippen molar-refractivity contribution < 1.29 is 14.6 Å². The Balaban J connectivity index is 0.00000225. The minimum atomic E-state index is -1.27. The number of nitrogens with two attached hydrogens (primary N) is 1. The van der Waals surface area contributed by atoms with Crippen LogP contribution in [-0.4, -0.2) is 30.3 Å². The number of hydrogen-bond donors (Lipinski definition) is 2. The van der Waals surface area contributed by atoms with Gasteiger partial charge in [-0.2, -0.15) is 0 Å². The Bertz CT molecular complexity index is 318. The number of carbonyl (C=O) groups is 1. The highest BCUT2D eigenvalue weighted by Gasteiger charge is 2.23. The van der Waals surface area contributed by atoms with Crippen LogP contribution in [0.4, 0.5) is 0 Å². The lowest BCUT2D eigenvalue weighted by atomic mass is 10.0. The highest BCUT2D eigenvalue weighted by molar-refractivity contribution is 5.85. The molecule has 16 heavy (non-hydrogen) atoms. The van der Waals surface area contributed by atoms with Gasteiger partial charge in [-0.25, -0.2) is 4.79 Å². The number of hydrogen-bond acceptors (Lipinski definition) is 4. The molecule has 1 rings (SSSR count). The lowest BCUT2D eigenvalue weighted by Gasteiger charge is -2.16. The number of methoxy groups -OCH3 is 1. The van der Waals surface area contributed by atoms with E-state index in [0.29, 0.717) is 6.42 Å². The smallest absolute Gasteiger partial charge is 0.336 e. The lowest BCUT2D eigenvalue weighted by molar-refractivity contribution is -0.151. The van der Waals surface area contributed by atoms with Crippen LogP contribution in [0, 0.1) is 0 Å². The molecule has 0 heterocycles. The molecule has 0 aliphatic carbocycles. The van der Waals surface area contributed by atoms with E-state index in [9.17, 15) is 9.90 Å². The number of ether oxygens (including phenoxy) is 1. The first kappa shape index (κ1) is 14.9. The van der Waals surface area contributed by atoms with Crippen molar-refractivity contribution in [3.8, 4) is 0 Å². The predicted octanol–water partition coefficient (Wildman–Crippen LogP) is 0.512. The molecule has 1 aromatic rings. The molecule has 0 aliphatic heterocycles. The van der Waals surface area contributed by atoms with Crippen molar-refractivity contribution in [2.75, 3.05) is 7.11 Å². The third-order valence-corrected chi connectivity index (χ3v) is 2.16. The third kappa shape index (κ3) is 4.18. The van der Waals surface area contributed by atoms with Crippen molar-refractivity contribution >= 4 is 18.4 Å². The molecule has 0 unspecified atom stereocenters. The normalized spacial score (nSPS) is 13.4. The number of aliphatic hydroxyl groups excluding tert-OH is 1. The van der Waals surface area contributed by atoms with E-state index in [2.05, 4.69) is 4.74 Å². The van der Waals surface area contributed by atoms with Crippen LogP contribution in [0.3, 0.4) is 0 Å². The third-order valence-electron chi connectivity index (χ3n) is 2.16. The van der Waals surface area contributed by atoms with Crippen LogP contribution in [0.5, 0.6) is 0 Å². The molecule has 0 bridgehead atoms. The number of carbonyl (C=O) groups excluding carboxylic acids is 1. The van der Waals surface area contributed by atoms with Crippen molar-refractivity contribution in [3.63, 3.8) is 0 Å². The number of aliphatic hydroxyl groups is 1. The average Bonchev–Trinajstić information content (AvgIpc) is 2.28. The number of rotatable bonds is 4. The summed E-state index contributed by atoms with van der Waals surface area (Å²) < 4.78 is 4.40. The van der Waals surface area contributed by atoms with Crippen LogP contribution in [-0.2, 0) is 16.0 Å². The first-order valence-electron chi connectivity index (χ1n) is 4.70. The zero-order valence-corrected chi connectivity index (χ0v) is 9.81. The number of halogens is 1. The van der Waals surface area contributed by atoms with Gasteiger partial charge in [0.1, 0.15) is 0 Å². The molecular weight excluding hydrogens is 230 g/mol. The molecule has 1 aromatic carbocycles. The molecule has 0 aliphatic rings. The summed E-state index contributed by atoms with van der Waals surface area (Å²) in [7, 11) is 1.22. The van der Waals surface area contributed by atoms with Gasteiger partial charge in [0.25, 0.3) is 0 Å². The van der Waals surface area contributed by atoms with Gasteiger partial charge in [-0.3, -0.25) is 0 Å². The molecule has 0 amide bonds. The molecular formula is C11H16ClNO3. The fraction of sp³-hybridized carbons (Fsp3) is 0.364. The van der Waals surface area contributed by atoms with Gasteiger partial charge >= 0.3 is 5.97 Å². The molecule has 3 N–H and O–H groups in total. The molecule has 0 saturated heterocycles. The number of benzene rings is 1. The summed E-state index contributed by atoms with van der Waals surface area (Å²) in [5.74, 6) is -0.696. The molecule has 2 atom stereocenters. The Morgan fingerprint density at radius 2 is 2.00 bits per heavy atom. The Kier molecular flexibility index (Phi) is 6.72. The van der Waals surface area contributed by atoms with Crippen molar-refractivity contribution in [3.05, 3.63) is 35.9 Å². The summed E-state index contributed by atoms with van der Waals surface area (Å²) in [5.41, 5.74) is 6.65. The molecule has 5 heteroatoms. The highest BCUT2D eigenvalue weighted by atomic mass is 35.5. The minimum absolute atomic E-state index is 0. The summed E-state index contributed by atoms with van der Waals surface area (Å²) in [5, 5.41) is 9.45. The van der Waals surface area contributed by atoms with Crippen molar-refractivity contribution in [2.24, 2.45) is 5.73 Å². The van der Waals surface area contributed by atoms with Crippen LogP contribution in [0.1, 0.15) is 5.56 Å². The molecule has 90 valence electrons. The Labute approximate surface area is 101 Å². The second-order valence-electron chi connectivity index (χ2n) is 3.32. The molecule has 0 aromatic heterocycles. The largest absolute Gasteiger partial charge is 0.467 e. The average molecular weight is 246 g/mol. The van der Waals surface area contributed by atoms with Gasteiger partial charge in [-0.15, -0.1) is 12.4 Å². The van der Waals surface area contributed by atoms with E-state index in [1.807, 2.05) is 30.3 Å². The van der Waals surface area contributed by atoms with Crippen molar-refractivity contribution in [2.45, 2.75) is 18.6 Å². The Morgan fingerprint density at radius 3 is 2.50 bits per heavy atom. The van der Waals surface area contributed by atoms with Crippen LogP contribution in [0.15, 0.2) is 30.3 Å². The van der Waals surface area contributed by atoms with E-state index < -0.39 is 18.1 Å². The maximum atomic E-state index is 11.0. The summed E-state index contributed by atoms with van der Waals surface area (Å²) >= 11 is 0. The second-order valence-corrected chi connectivity index (χ2v) is 3.32. The van der Waals surface area contributed by atoms with Gasteiger partial charge in [0.05, 0.1) is 7.11 Å². The molecule has 0 spiro atoms. The zero-order valence-electron chi connectivity index (χ0n) is 9.00. The van der Waals surface area contributed by atoms with E-state index >= 15 is 0 Å². The van der Waals surface area contributed by atoms with E-state index in [0.717, 1.165) is 5.56 Å². The van der Waals surface area contributed by atoms with E-state index in [1.54, 1.807) is 0 Å². The van der Waals surface area contributed by atoms with E-state index in [-0.39, 0.29) is 12.4 Å². The van der Waals surface area contributed by atoms with Crippen molar-refractivity contribution in [1.82, 2.24) is 0 Å². The highest BCUT2D eigenvalue weighted by Crippen LogP contribution is 2.05. The predicted molar refractivity (Wildman–Crippen MR) is 63.4 cm³/mol. The maximum absolute atomic E-state index is 11.0. The summed E-state index contributed by atoms with van der Waals surface area (Å²) in [4.78, 5) is 11.0. The monoisotopic (exact) mass is 245 g/mol. The summed E-state index contributed by atoms with van der Waals surface area (Å²) in [6, 6.07) is 8.80. The first-order chi connectivity index (χ1) is 7.15. The van der Waals surface area contributed by atoms with Gasteiger partial charge in [-0.1, -0.05) is 30.3 Å². The van der Waals surface area contributed by atoms with Gasteiger partial charge < -0.3 is 15.6 Å². The first-order valence-corrected chi connectivity index (χ1v) is 4.70. The van der Waals surface area contributed by atoms with Gasteiger partial charge in [0.2, 0.25) is 0 Å². The SMILES string of the molecule is COC(=O)[C@@H](O)[C@@H](N)Cc1ccccc1.Cl. The van der Waals surface area contributed by atoms with E-state index in [1.165, 1.54) is 7.11 Å². The van der Waals surface area contributed by atoms with Gasteiger partial charge in [-0.05, 0) is 12.0 Å². The Morgan fingerprint density at radius 1 is 1.44 bits per heavy atom. The number of esters is 1. The fourth-order valence-electron chi connectivity index (χ4n) is 1.29. The Hall–Kier alpha value is -1.10. The maximum Gasteiger partial charge on any atom is 0.336 e. The van der Waals surface area contributed by atoms with Crippen LogP contribution in [0.2, 0.25) is 0 Å². The van der Waals surface area contributed by atoms with Crippen LogP contribution < -0.4 is 5.73 Å². The van der Waals surface area contributed by atoms with Crippen LogP contribution in [0.25, 0.3) is 0 Å². The molecule has 4 nitrogen and oxygen atoms in total. The van der Waals surface area contributed by atoms with Crippen LogP contribution >= 0.6 is 12.4 Å². The molecule has 0 saturated carbocycles. The topological polar surface area (TPSA) is 72.5 Å². The minimum Gasteiger partial charge on any atom is -0.467 e. The zero-order chi connectivity index (χ0) is 11.3. The van der Waals surface area contributed by atoms with Crippen molar-refractivity contribution in [1.29, 1.82) is 0 Å². The van der Waals surface area contributed by atoms with Gasteiger partial charge in [0.15, 0.2) is 6.10 Å².